The Balaban J connectivity index is 1.59. The van der Waals surface area contributed by atoms with Gasteiger partial charge in [0.1, 0.15) is 11.4 Å². The van der Waals surface area contributed by atoms with Gasteiger partial charge in [0.15, 0.2) is 0 Å². The summed E-state index contributed by atoms with van der Waals surface area (Å²) in [6.45, 7) is 4.30. The number of amides is 1. The van der Waals surface area contributed by atoms with Crippen molar-refractivity contribution < 1.29 is 9.72 Å². The molecule has 9 heteroatoms. The average Bonchev–Trinajstić information content (AvgIpc) is 3.18. The number of rotatable bonds is 7. The van der Waals surface area contributed by atoms with E-state index < -0.39 is 4.92 Å². The van der Waals surface area contributed by atoms with E-state index in [2.05, 4.69) is 26.3 Å². The highest BCUT2D eigenvalue weighted by Crippen LogP contribution is 2.23. The summed E-state index contributed by atoms with van der Waals surface area (Å²) in [4.78, 5) is 24.2. The van der Waals surface area contributed by atoms with E-state index >= 15 is 0 Å². The van der Waals surface area contributed by atoms with Gasteiger partial charge in [-0.15, -0.1) is 11.3 Å². The van der Waals surface area contributed by atoms with Gasteiger partial charge in [-0.25, -0.2) is 0 Å². The van der Waals surface area contributed by atoms with E-state index in [1.165, 1.54) is 4.88 Å². The van der Waals surface area contributed by atoms with Crippen molar-refractivity contribution in [2.75, 3.05) is 6.54 Å². The number of nitrogens with one attached hydrogen (secondary N) is 1. The summed E-state index contributed by atoms with van der Waals surface area (Å²) in [5.41, 5.74) is 2.46. The molecule has 0 unspecified atom stereocenters. The molecule has 146 valence electrons. The molecule has 2 heterocycles. The average molecular weight is 463 g/mol. The molecule has 0 spiro atoms. The third-order valence-corrected chi connectivity index (χ3v) is 6.04. The van der Waals surface area contributed by atoms with Crippen LogP contribution in [0.25, 0.3) is 0 Å². The van der Waals surface area contributed by atoms with Crippen LogP contribution in [-0.4, -0.2) is 27.2 Å². The zero-order valence-corrected chi connectivity index (χ0v) is 17.8. The highest BCUT2D eigenvalue weighted by atomic mass is 79.9. The van der Waals surface area contributed by atoms with Crippen molar-refractivity contribution in [3.8, 4) is 0 Å². The first-order valence-corrected chi connectivity index (χ1v) is 10.3. The Kier molecular flexibility index (Phi) is 6.25. The van der Waals surface area contributed by atoms with Crippen LogP contribution in [0.3, 0.4) is 0 Å². The van der Waals surface area contributed by atoms with Gasteiger partial charge in [0.25, 0.3) is 5.91 Å². The van der Waals surface area contributed by atoms with Gasteiger partial charge in [0, 0.05) is 17.0 Å². The number of hydrogen-bond acceptors (Lipinski definition) is 5. The quantitative estimate of drug-likeness (QED) is 0.419. The highest BCUT2D eigenvalue weighted by Gasteiger charge is 2.21. The maximum atomic E-state index is 12.3. The predicted octanol–water partition coefficient (Wildman–Crippen LogP) is 4.25. The summed E-state index contributed by atoms with van der Waals surface area (Å²) in [5, 5.41) is 18.3. The zero-order chi connectivity index (χ0) is 20.3. The van der Waals surface area contributed by atoms with E-state index in [-0.39, 0.29) is 11.6 Å². The molecule has 0 fully saturated rings. The van der Waals surface area contributed by atoms with Gasteiger partial charge >= 0.3 is 5.69 Å². The molecule has 7 nitrogen and oxygen atoms in total. The monoisotopic (exact) mass is 462 g/mol. The summed E-state index contributed by atoms with van der Waals surface area (Å²) in [7, 11) is 0. The fourth-order valence-electron chi connectivity index (χ4n) is 2.93. The number of carbonyl (C=O) groups excluding carboxylic acids is 1. The van der Waals surface area contributed by atoms with Crippen LogP contribution in [-0.2, 0) is 13.0 Å². The summed E-state index contributed by atoms with van der Waals surface area (Å²) in [5.74, 6) is -0.121. The first-order chi connectivity index (χ1) is 13.3. The van der Waals surface area contributed by atoms with Crippen molar-refractivity contribution in [3.63, 3.8) is 0 Å². The van der Waals surface area contributed by atoms with Crippen molar-refractivity contribution in [3.05, 3.63) is 77.7 Å². The minimum Gasteiger partial charge on any atom is -0.352 e. The lowest BCUT2D eigenvalue weighted by molar-refractivity contribution is -0.386. The van der Waals surface area contributed by atoms with Crippen LogP contribution < -0.4 is 5.32 Å². The van der Waals surface area contributed by atoms with E-state index in [4.69, 9.17) is 0 Å². The zero-order valence-electron chi connectivity index (χ0n) is 15.4. The van der Waals surface area contributed by atoms with Crippen LogP contribution in [0, 0.1) is 24.0 Å². The van der Waals surface area contributed by atoms with Crippen molar-refractivity contribution in [2.45, 2.75) is 26.8 Å². The Hall–Kier alpha value is -2.52. The number of aromatic nitrogens is 2. The summed E-state index contributed by atoms with van der Waals surface area (Å²) < 4.78 is 2.69. The largest absolute Gasteiger partial charge is 0.352 e. The minimum atomic E-state index is -0.406. The molecule has 0 bridgehead atoms. The van der Waals surface area contributed by atoms with Gasteiger partial charge in [0.05, 0.1) is 15.3 Å². The number of thiophene rings is 1. The molecule has 1 aromatic carbocycles. The third kappa shape index (κ3) is 4.66. The minimum absolute atomic E-state index is 0.0498. The molecule has 2 aromatic heterocycles. The maximum Gasteiger partial charge on any atom is 0.312 e. The van der Waals surface area contributed by atoms with E-state index in [1.54, 1.807) is 42.0 Å². The Bertz CT molecular complexity index is 1010. The molecule has 0 aliphatic carbocycles. The Morgan fingerprint density at radius 2 is 1.96 bits per heavy atom. The van der Waals surface area contributed by atoms with Crippen molar-refractivity contribution >= 4 is 38.9 Å². The number of aryl methyl sites for hydroxylation is 1. The van der Waals surface area contributed by atoms with Crippen LogP contribution in [0.5, 0.6) is 0 Å². The third-order valence-electron chi connectivity index (χ3n) is 4.36. The lowest BCUT2D eigenvalue weighted by Gasteiger charge is -2.07. The molecule has 0 saturated heterocycles. The normalized spacial score (nSPS) is 10.8. The molecule has 0 saturated carbocycles. The lowest BCUT2D eigenvalue weighted by atomic mass is 10.1. The second-order valence-corrected chi connectivity index (χ2v) is 8.89. The van der Waals surface area contributed by atoms with Crippen LogP contribution in [0.15, 0.2) is 40.2 Å². The molecule has 0 aliphatic rings. The molecule has 3 aromatic rings. The van der Waals surface area contributed by atoms with E-state index in [0.717, 1.165) is 15.8 Å². The SMILES string of the molecule is Cc1nn(Cc2ccc(C(=O)NCCc3ccc(Br)s3)cc2)c(C)c1[N+](=O)[O-]. The Morgan fingerprint density at radius 3 is 2.54 bits per heavy atom. The molecule has 1 amide bonds. The molecular weight excluding hydrogens is 444 g/mol. The first kappa shape index (κ1) is 20.2. The molecule has 3 rings (SSSR count). The second kappa shape index (κ2) is 8.66. The number of benzene rings is 1. The smallest absolute Gasteiger partial charge is 0.312 e. The van der Waals surface area contributed by atoms with E-state index in [1.807, 2.05) is 24.3 Å². The van der Waals surface area contributed by atoms with Gasteiger partial charge < -0.3 is 5.32 Å². The topological polar surface area (TPSA) is 90.1 Å². The fraction of sp³-hybridized carbons (Fsp3) is 0.263. The van der Waals surface area contributed by atoms with Crippen molar-refractivity contribution in [1.29, 1.82) is 0 Å². The predicted molar refractivity (Wildman–Crippen MR) is 112 cm³/mol. The van der Waals surface area contributed by atoms with E-state index in [0.29, 0.717) is 30.0 Å². The van der Waals surface area contributed by atoms with Crippen LogP contribution in [0.4, 0.5) is 5.69 Å². The second-order valence-electron chi connectivity index (χ2n) is 6.34. The van der Waals surface area contributed by atoms with Crippen LogP contribution in [0.2, 0.25) is 0 Å². The summed E-state index contributed by atoms with van der Waals surface area (Å²) >= 11 is 5.09. The standard InChI is InChI=1S/C19H19BrN4O3S/c1-12-18(24(26)27)13(2)23(22-12)11-14-3-5-15(6-4-14)19(25)21-10-9-16-7-8-17(20)28-16/h3-8H,9-11H2,1-2H3,(H,21,25). The highest BCUT2D eigenvalue weighted by molar-refractivity contribution is 9.11. The van der Waals surface area contributed by atoms with Gasteiger partial charge in [-0.3, -0.25) is 19.6 Å². The Labute approximate surface area is 174 Å². The maximum absolute atomic E-state index is 12.3. The molecular formula is C19H19BrN4O3S. The molecule has 1 N–H and O–H groups in total. The summed E-state index contributed by atoms with van der Waals surface area (Å²) in [6, 6.07) is 11.2. The molecule has 0 atom stereocenters. The van der Waals surface area contributed by atoms with Gasteiger partial charge in [-0.05, 0) is 66.0 Å². The van der Waals surface area contributed by atoms with Crippen molar-refractivity contribution in [1.82, 2.24) is 15.1 Å². The number of nitrogens with zero attached hydrogens (tertiary/aromatic N) is 3. The van der Waals surface area contributed by atoms with Gasteiger partial charge in [-0.2, -0.15) is 5.10 Å². The number of halogens is 1. The van der Waals surface area contributed by atoms with E-state index in [9.17, 15) is 14.9 Å². The lowest BCUT2D eigenvalue weighted by Crippen LogP contribution is -2.25. The molecule has 0 radical (unpaired) electrons. The van der Waals surface area contributed by atoms with Gasteiger partial charge in [0.2, 0.25) is 0 Å². The number of nitro groups is 1. The number of hydrogen-bond donors (Lipinski definition) is 1. The fourth-order valence-corrected chi connectivity index (χ4v) is 4.41. The summed E-state index contributed by atoms with van der Waals surface area (Å²) in [6.07, 6.45) is 0.788. The van der Waals surface area contributed by atoms with Gasteiger partial charge in [-0.1, -0.05) is 12.1 Å². The van der Waals surface area contributed by atoms with Crippen molar-refractivity contribution in [2.24, 2.45) is 0 Å². The number of carbonyl (C=O) groups is 1. The molecule has 28 heavy (non-hydrogen) atoms. The van der Waals surface area contributed by atoms with Crippen LogP contribution in [0.1, 0.15) is 32.2 Å². The Morgan fingerprint density at radius 1 is 1.25 bits per heavy atom. The van der Waals surface area contributed by atoms with Crippen LogP contribution >= 0.6 is 27.3 Å². The molecule has 0 aliphatic heterocycles. The first-order valence-electron chi connectivity index (χ1n) is 8.65.